The third-order valence-corrected chi connectivity index (χ3v) is 3.12. The predicted octanol–water partition coefficient (Wildman–Crippen LogP) is 2.96. The summed E-state index contributed by atoms with van der Waals surface area (Å²) in [6.45, 7) is 0. The van der Waals surface area contributed by atoms with Crippen LogP contribution in [0.2, 0.25) is 0 Å². The number of hydrogen-bond acceptors (Lipinski definition) is 7. The van der Waals surface area contributed by atoms with Gasteiger partial charge in [0.2, 0.25) is 0 Å². The summed E-state index contributed by atoms with van der Waals surface area (Å²) in [6, 6.07) is 8.54. The topological polar surface area (TPSA) is 105 Å². The summed E-state index contributed by atoms with van der Waals surface area (Å²) in [4.78, 5) is 26.4. The average Bonchev–Trinajstić information content (AvgIpc) is 3.01. The number of nitro groups is 1. The predicted molar refractivity (Wildman–Crippen MR) is 78.6 cm³/mol. The Morgan fingerprint density at radius 1 is 1.26 bits per heavy atom. The zero-order chi connectivity index (χ0) is 16.4. The normalized spacial score (nSPS) is 10.5. The zero-order valence-corrected chi connectivity index (χ0v) is 11.9. The number of ether oxygens (including phenoxy) is 2. The summed E-state index contributed by atoms with van der Waals surface area (Å²) in [5.74, 6) is -0.399. The number of carbonyl (C=O) groups excluding carboxylic acids is 1. The Bertz CT molecular complexity index is 902. The molecule has 3 rings (SSSR count). The maximum atomic E-state index is 12.1. The molecule has 0 unspecified atom stereocenters. The Morgan fingerprint density at radius 3 is 2.83 bits per heavy atom. The van der Waals surface area contributed by atoms with E-state index in [-0.39, 0.29) is 22.7 Å². The van der Waals surface area contributed by atoms with Crippen molar-refractivity contribution in [2.45, 2.75) is 0 Å². The first-order chi connectivity index (χ1) is 11.1. The molecule has 8 nitrogen and oxygen atoms in total. The van der Waals surface area contributed by atoms with Crippen LogP contribution in [0.1, 0.15) is 10.4 Å². The van der Waals surface area contributed by atoms with Crippen LogP contribution < -0.4 is 9.47 Å². The van der Waals surface area contributed by atoms with Gasteiger partial charge in [0.1, 0.15) is 11.3 Å². The van der Waals surface area contributed by atoms with Gasteiger partial charge in [-0.3, -0.25) is 10.1 Å². The molecule has 8 heteroatoms. The first kappa shape index (κ1) is 14.5. The molecule has 0 spiro atoms. The Balaban J connectivity index is 1.87. The van der Waals surface area contributed by atoms with Gasteiger partial charge >= 0.3 is 11.7 Å². The maximum absolute atomic E-state index is 12.1. The van der Waals surface area contributed by atoms with Crippen LogP contribution in [0.25, 0.3) is 11.1 Å². The van der Waals surface area contributed by atoms with Crippen LogP contribution in [0, 0.1) is 10.1 Å². The highest BCUT2D eigenvalue weighted by Gasteiger charge is 2.19. The van der Waals surface area contributed by atoms with Gasteiger partial charge in [0.15, 0.2) is 17.7 Å². The van der Waals surface area contributed by atoms with Gasteiger partial charge in [0.05, 0.1) is 17.6 Å². The lowest BCUT2D eigenvalue weighted by Gasteiger charge is -2.06. The molecule has 0 bridgehead atoms. The van der Waals surface area contributed by atoms with Crippen LogP contribution in [0.15, 0.2) is 47.2 Å². The van der Waals surface area contributed by atoms with Gasteiger partial charge in [-0.25, -0.2) is 9.78 Å². The van der Waals surface area contributed by atoms with Crippen molar-refractivity contribution in [3.05, 3.63) is 58.5 Å². The minimum absolute atomic E-state index is 0.0396. The molecule has 0 N–H and O–H groups in total. The van der Waals surface area contributed by atoms with E-state index >= 15 is 0 Å². The molecule has 0 aliphatic carbocycles. The minimum Gasteiger partial charge on any atom is -0.490 e. The number of methoxy groups -OCH3 is 1. The highest BCUT2D eigenvalue weighted by Crippen LogP contribution is 2.28. The summed E-state index contributed by atoms with van der Waals surface area (Å²) < 4.78 is 15.2. The SMILES string of the molecule is COc1ccc(C(=O)Oc2ccc3ocnc3c2)cc1[N+](=O)[O-]. The van der Waals surface area contributed by atoms with Crippen LogP contribution in [0.4, 0.5) is 5.69 Å². The van der Waals surface area contributed by atoms with Gasteiger partial charge in [-0.2, -0.15) is 0 Å². The second kappa shape index (κ2) is 5.76. The van der Waals surface area contributed by atoms with E-state index in [1.165, 1.54) is 31.7 Å². The van der Waals surface area contributed by atoms with Crippen molar-refractivity contribution in [3.8, 4) is 11.5 Å². The molecule has 23 heavy (non-hydrogen) atoms. The number of fused-ring (bicyclic) bond motifs is 1. The highest BCUT2D eigenvalue weighted by molar-refractivity contribution is 5.92. The summed E-state index contributed by atoms with van der Waals surface area (Å²) >= 11 is 0. The lowest BCUT2D eigenvalue weighted by Crippen LogP contribution is -2.09. The molecule has 0 saturated carbocycles. The highest BCUT2D eigenvalue weighted by atomic mass is 16.6. The Morgan fingerprint density at radius 2 is 2.09 bits per heavy atom. The van der Waals surface area contributed by atoms with Crippen molar-refractivity contribution in [2.24, 2.45) is 0 Å². The molecule has 0 atom stereocenters. The van der Waals surface area contributed by atoms with Gasteiger partial charge in [-0.05, 0) is 24.3 Å². The molecule has 116 valence electrons. The molecule has 3 aromatic rings. The molecule has 1 aromatic heterocycles. The zero-order valence-electron chi connectivity index (χ0n) is 11.9. The molecule has 0 saturated heterocycles. The third kappa shape index (κ3) is 2.82. The van der Waals surface area contributed by atoms with E-state index in [0.29, 0.717) is 11.1 Å². The molecular formula is C15H10N2O6. The number of benzene rings is 2. The van der Waals surface area contributed by atoms with E-state index in [0.717, 1.165) is 6.07 Å². The summed E-state index contributed by atoms with van der Waals surface area (Å²) in [5, 5.41) is 11.0. The third-order valence-electron chi connectivity index (χ3n) is 3.12. The van der Waals surface area contributed by atoms with Crippen molar-refractivity contribution in [2.75, 3.05) is 7.11 Å². The smallest absolute Gasteiger partial charge is 0.343 e. The Hall–Kier alpha value is -3.42. The number of aromatic nitrogens is 1. The fraction of sp³-hybridized carbons (Fsp3) is 0.0667. The van der Waals surface area contributed by atoms with E-state index < -0.39 is 10.9 Å². The fourth-order valence-corrected chi connectivity index (χ4v) is 2.03. The van der Waals surface area contributed by atoms with Crippen molar-refractivity contribution >= 4 is 22.8 Å². The van der Waals surface area contributed by atoms with Crippen LogP contribution in [-0.4, -0.2) is 23.0 Å². The van der Waals surface area contributed by atoms with E-state index in [4.69, 9.17) is 13.9 Å². The van der Waals surface area contributed by atoms with Crippen LogP contribution in [-0.2, 0) is 0 Å². The number of nitro benzene ring substituents is 1. The number of rotatable bonds is 4. The second-order valence-electron chi connectivity index (χ2n) is 4.52. The van der Waals surface area contributed by atoms with Gasteiger partial charge in [0.25, 0.3) is 0 Å². The summed E-state index contributed by atoms with van der Waals surface area (Å²) in [7, 11) is 1.31. The molecular weight excluding hydrogens is 304 g/mol. The molecule has 2 aromatic carbocycles. The second-order valence-corrected chi connectivity index (χ2v) is 4.52. The Labute approximate surface area is 129 Å². The number of oxazole rings is 1. The van der Waals surface area contributed by atoms with E-state index in [1.54, 1.807) is 12.1 Å². The first-order valence-electron chi connectivity index (χ1n) is 6.46. The lowest BCUT2D eigenvalue weighted by atomic mass is 10.2. The van der Waals surface area contributed by atoms with Crippen molar-refractivity contribution < 1.29 is 23.6 Å². The number of esters is 1. The standard InChI is InChI=1S/C15H10N2O6/c1-21-14-4-2-9(6-12(14)17(19)20)15(18)23-10-3-5-13-11(7-10)16-8-22-13/h2-8H,1H3. The van der Waals surface area contributed by atoms with Crippen LogP contribution >= 0.6 is 0 Å². The van der Waals surface area contributed by atoms with Gasteiger partial charge in [-0.1, -0.05) is 0 Å². The lowest BCUT2D eigenvalue weighted by molar-refractivity contribution is -0.385. The van der Waals surface area contributed by atoms with Gasteiger partial charge < -0.3 is 13.9 Å². The molecule has 1 heterocycles. The van der Waals surface area contributed by atoms with E-state index in [2.05, 4.69) is 4.98 Å². The molecule has 0 radical (unpaired) electrons. The summed E-state index contributed by atoms with van der Waals surface area (Å²) in [6.07, 6.45) is 1.28. The van der Waals surface area contributed by atoms with Crippen LogP contribution in [0.5, 0.6) is 11.5 Å². The fourth-order valence-electron chi connectivity index (χ4n) is 2.03. The summed E-state index contributed by atoms with van der Waals surface area (Å²) in [5.41, 5.74) is 0.826. The van der Waals surface area contributed by atoms with E-state index in [1.807, 2.05) is 0 Å². The molecule has 0 aliphatic rings. The maximum Gasteiger partial charge on any atom is 0.343 e. The quantitative estimate of drug-likeness (QED) is 0.315. The molecule has 0 amide bonds. The van der Waals surface area contributed by atoms with Crippen LogP contribution in [0.3, 0.4) is 0 Å². The number of nitrogens with zero attached hydrogens (tertiary/aromatic N) is 2. The monoisotopic (exact) mass is 314 g/mol. The number of hydrogen-bond donors (Lipinski definition) is 0. The largest absolute Gasteiger partial charge is 0.490 e. The molecule has 0 fully saturated rings. The van der Waals surface area contributed by atoms with Crippen molar-refractivity contribution in [1.29, 1.82) is 0 Å². The van der Waals surface area contributed by atoms with Crippen molar-refractivity contribution in [1.82, 2.24) is 4.98 Å². The van der Waals surface area contributed by atoms with E-state index in [9.17, 15) is 14.9 Å². The van der Waals surface area contributed by atoms with Gasteiger partial charge in [-0.15, -0.1) is 0 Å². The Kier molecular flexibility index (Phi) is 3.63. The minimum atomic E-state index is -0.724. The first-order valence-corrected chi connectivity index (χ1v) is 6.46. The molecule has 0 aliphatic heterocycles. The van der Waals surface area contributed by atoms with Crippen molar-refractivity contribution in [3.63, 3.8) is 0 Å². The van der Waals surface area contributed by atoms with Gasteiger partial charge in [0, 0.05) is 12.1 Å². The average molecular weight is 314 g/mol. The number of carbonyl (C=O) groups is 1.